The minimum Gasteiger partial charge on any atom is -0.496 e. The van der Waals surface area contributed by atoms with Crippen LogP contribution in [0.3, 0.4) is 0 Å². The summed E-state index contributed by atoms with van der Waals surface area (Å²) < 4.78 is 19.7. The van der Waals surface area contributed by atoms with E-state index in [2.05, 4.69) is 5.32 Å². The number of rotatable bonds is 3. The molecule has 1 heterocycles. The molecule has 1 aromatic carbocycles. The number of halogens is 1. The van der Waals surface area contributed by atoms with E-state index in [9.17, 15) is 4.39 Å². The highest BCUT2D eigenvalue weighted by atomic mass is 19.1. The van der Waals surface area contributed by atoms with Crippen LogP contribution in [-0.2, 0) is 6.42 Å². The summed E-state index contributed by atoms with van der Waals surface area (Å²) in [6.07, 6.45) is 1.63. The molecule has 0 spiro atoms. The maximum atomic E-state index is 14.4. The molecule has 1 saturated heterocycles. The van der Waals surface area contributed by atoms with Crippen LogP contribution in [-0.4, -0.2) is 25.9 Å². The van der Waals surface area contributed by atoms with Gasteiger partial charge in [-0.05, 0) is 43.9 Å². The zero-order chi connectivity index (χ0) is 12.3. The van der Waals surface area contributed by atoms with Gasteiger partial charge in [0.1, 0.15) is 11.4 Å². The highest BCUT2D eigenvalue weighted by molar-refractivity contribution is 5.33. The minimum atomic E-state index is -1.13. The molecule has 17 heavy (non-hydrogen) atoms. The number of methoxy groups -OCH3 is 1. The van der Waals surface area contributed by atoms with E-state index in [1.807, 2.05) is 24.3 Å². The SMILES string of the molecule is COc1ccccc1CC1CCNCC1(C)F. The Bertz CT molecular complexity index is 378. The van der Waals surface area contributed by atoms with Gasteiger partial charge in [0, 0.05) is 6.54 Å². The fraction of sp³-hybridized carbons (Fsp3) is 0.571. The van der Waals surface area contributed by atoms with E-state index in [0.29, 0.717) is 6.54 Å². The number of hydrogen-bond donors (Lipinski definition) is 1. The largest absolute Gasteiger partial charge is 0.496 e. The first kappa shape index (κ1) is 12.4. The average Bonchev–Trinajstić information content (AvgIpc) is 2.32. The summed E-state index contributed by atoms with van der Waals surface area (Å²) in [5, 5.41) is 3.11. The predicted molar refractivity (Wildman–Crippen MR) is 67.2 cm³/mol. The third kappa shape index (κ3) is 2.78. The molecule has 3 heteroatoms. The lowest BCUT2D eigenvalue weighted by Crippen LogP contribution is -2.47. The molecule has 2 unspecified atom stereocenters. The molecule has 0 radical (unpaired) electrons. The van der Waals surface area contributed by atoms with Crippen molar-refractivity contribution >= 4 is 0 Å². The molecule has 0 saturated carbocycles. The van der Waals surface area contributed by atoms with Crippen LogP contribution >= 0.6 is 0 Å². The van der Waals surface area contributed by atoms with E-state index in [1.165, 1.54) is 0 Å². The first-order chi connectivity index (χ1) is 8.13. The van der Waals surface area contributed by atoms with Gasteiger partial charge < -0.3 is 10.1 Å². The number of ether oxygens (including phenoxy) is 1. The number of para-hydroxylation sites is 1. The summed E-state index contributed by atoms with van der Waals surface area (Å²) in [6.45, 7) is 3.05. The van der Waals surface area contributed by atoms with Gasteiger partial charge in [0.25, 0.3) is 0 Å². The van der Waals surface area contributed by atoms with Crippen LogP contribution in [0, 0.1) is 5.92 Å². The van der Waals surface area contributed by atoms with Crippen molar-refractivity contribution < 1.29 is 9.13 Å². The molecule has 1 aromatic rings. The van der Waals surface area contributed by atoms with Crippen molar-refractivity contribution in [2.24, 2.45) is 5.92 Å². The predicted octanol–water partition coefficient (Wildman–Crippen LogP) is 2.58. The third-order valence-electron chi connectivity index (χ3n) is 3.65. The summed E-state index contributed by atoms with van der Waals surface area (Å²) in [5.74, 6) is 0.932. The molecule has 2 nitrogen and oxygen atoms in total. The maximum absolute atomic E-state index is 14.4. The van der Waals surface area contributed by atoms with Gasteiger partial charge in [-0.1, -0.05) is 18.2 Å². The van der Waals surface area contributed by atoms with Crippen LogP contribution in [0.1, 0.15) is 18.9 Å². The summed E-state index contributed by atoms with van der Waals surface area (Å²) in [5.41, 5.74) is -0.0233. The average molecular weight is 237 g/mol. The molecule has 1 aliphatic heterocycles. The van der Waals surface area contributed by atoms with E-state index in [1.54, 1.807) is 14.0 Å². The Balaban J connectivity index is 2.14. The summed E-state index contributed by atoms with van der Waals surface area (Å²) in [7, 11) is 1.66. The highest BCUT2D eigenvalue weighted by Gasteiger charge is 2.36. The Hall–Kier alpha value is -1.09. The Morgan fingerprint density at radius 3 is 2.94 bits per heavy atom. The Morgan fingerprint density at radius 1 is 1.47 bits per heavy atom. The second kappa shape index (κ2) is 5.05. The van der Waals surface area contributed by atoms with Crippen molar-refractivity contribution in [3.05, 3.63) is 29.8 Å². The molecule has 0 aromatic heterocycles. The van der Waals surface area contributed by atoms with Crippen molar-refractivity contribution in [1.82, 2.24) is 5.32 Å². The molecule has 94 valence electrons. The van der Waals surface area contributed by atoms with Gasteiger partial charge in [0.2, 0.25) is 0 Å². The topological polar surface area (TPSA) is 21.3 Å². The normalized spacial score (nSPS) is 29.0. The van der Waals surface area contributed by atoms with Crippen LogP contribution in [0.4, 0.5) is 4.39 Å². The molecule has 1 fully saturated rings. The van der Waals surface area contributed by atoms with Gasteiger partial charge in [-0.15, -0.1) is 0 Å². The number of nitrogens with one attached hydrogen (secondary N) is 1. The Labute approximate surface area is 102 Å². The monoisotopic (exact) mass is 237 g/mol. The fourth-order valence-electron chi connectivity index (χ4n) is 2.51. The molecule has 2 atom stereocenters. The van der Waals surface area contributed by atoms with E-state index < -0.39 is 5.67 Å². The second-order valence-electron chi connectivity index (χ2n) is 4.96. The van der Waals surface area contributed by atoms with Crippen LogP contribution < -0.4 is 10.1 Å². The first-order valence-electron chi connectivity index (χ1n) is 6.15. The highest BCUT2D eigenvalue weighted by Crippen LogP contribution is 2.32. The zero-order valence-electron chi connectivity index (χ0n) is 10.5. The summed E-state index contributed by atoms with van der Waals surface area (Å²) in [6, 6.07) is 7.89. The van der Waals surface area contributed by atoms with E-state index in [0.717, 1.165) is 30.7 Å². The second-order valence-corrected chi connectivity index (χ2v) is 4.96. The zero-order valence-corrected chi connectivity index (χ0v) is 10.5. The Kier molecular flexibility index (Phi) is 3.67. The molecule has 0 aliphatic carbocycles. The Morgan fingerprint density at radius 2 is 2.24 bits per heavy atom. The molecule has 0 amide bonds. The van der Waals surface area contributed by atoms with Crippen molar-refractivity contribution in [3.63, 3.8) is 0 Å². The van der Waals surface area contributed by atoms with Crippen LogP contribution in [0.5, 0.6) is 5.75 Å². The fourth-order valence-corrected chi connectivity index (χ4v) is 2.51. The van der Waals surface area contributed by atoms with Crippen molar-refractivity contribution in [2.45, 2.75) is 25.4 Å². The molecule has 0 bridgehead atoms. The van der Waals surface area contributed by atoms with Gasteiger partial charge in [-0.25, -0.2) is 4.39 Å². The molecular formula is C14H20FNO. The van der Waals surface area contributed by atoms with Gasteiger partial charge in [-0.3, -0.25) is 0 Å². The molecule has 2 rings (SSSR count). The molecule has 1 N–H and O–H groups in total. The molecular weight excluding hydrogens is 217 g/mol. The lowest BCUT2D eigenvalue weighted by molar-refractivity contribution is 0.0708. The minimum absolute atomic E-state index is 0.0695. The number of benzene rings is 1. The lowest BCUT2D eigenvalue weighted by atomic mass is 9.80. The van der Waals surface area contributed by atoms with E-state index in [4.69, 9.17) is 4.74 Å². The molecule has 1 aliphatic rings. The van der Waals surface area contributed by atoms with Crippen molar-refractivity contribution in [2.75, 3.05) is 20.2 Å². The van der Waals surface area contributed by atoms with Gasteiger partial charge in [-0.2, -0.15) is 0 Å². The standard InChI is InChI=1S/C14H20FNO/c1-14(15)10-16-8-7-12(14)9-11-5-3-4-6-13(11)17-2/h3-6,12,16H,7-10H2,1-2H3. The number of hydrogen-bond acceptors (Lipinski definition) is 2. The first-order valence-corrected chi connectivity index (χ1v) is 6.15. The number of alkyl halides is 1. The van der Waals surface area contributed by atoms with Crippen molar-refractivity contribution in [3.8, 4) is 5.75 Å². The quantitative estimate of drug-likeness (QED) is 0.872. The van der Waals surface area contributed by atoms with E-state index in [-0.39, 0.29) is 5.92 Å². The summed E-state index contributed by atoms with van der Waals surface area (Å²) >= 11 is 0. The summed E-state index contributed by atoms with van der Waals surface area (Å²) in [4.78, 5) is 0. The van der Waals surface area contributed by atoms with Crippen LogP contribution in [0.15, 0.2) is 24.3 Å². The van der Waals surface area contributed by atoms with Gasteiger partial charge >= 0.3 is 0 Å². The lowest BCUT2D eigenvalue weighted by Gasteiger charge is -2.35. The third-order valence-corrected chi connectivity index (χ3v) is 3.65. The maximum Gasteiger partial charge on any atom is 0.123 e. The number of piperidine rings is 1. The van der Waals surface area contributed by atoms with Crippen LogP contribution in [0.25, 0.3) is 0 Å². The van der Waals surface area contributed by atoms with Gasteiger partial charge in [0.05, 0.1) is 7.11 Å². The van der Waals surface area contributed by atoms with E-state index >= 15 is 0 Å². The smallest absolute Gasteiger partial charge is 0.123 e. The van der Waals surface area contributed by atoms with Crippen molar-refractivity contribution in [1.29, 1.82) is 0 Å². The van der Waals surface area contributed by atoms with Gasteiger partial charge in [0.15, 0.2) is 0 Å². The van der Waals surface area contributed by atoms with Crippen LogP contribution in [0.2, 0.25) is 0 Å².